The molecule has 0 unspecified atom stereocenters. The Kier molecular flexibility index (Phi) is 17.4. The largest absolute Gasteiger partial charge is 0.396 e. The molecule has 0 fully saturated rings. The Morgan fingerprint density at radius 3 is 1.47 bits per heavy atom. The molecule has 0 saturated carbocycles. The van der Waals surface area contributed by atoms with Gasteiger partial charge in [-0.3, -0.25) is 0 Å². The van der Waals surface area contributed by atoms with Crippen molar-refractivity contribution >= 4 is 0 Å². The van der Waals surface area contributed by atoms with Crippen LogP contribution in [0.5, 0.6) is 0 Å². The molecule has 0 aliphatic heterocycles. The maximum atomic E-state index is 8.65. The maximum Gasteiger partial charge on any atom is 0.0431 e. The van der Waals surface area contributed by atoms with Crippen molar-refractivity contribution in [1.29, 1.82) is 0 Å². The lowest BCUT2D eigenvalue weighted by atomic mass is 10.1. The van der Waals surface area contributed by atoms with Gasteiger partial charge in [0.15, 0.2) is 0 Å². The second-order valence-corrected chi connectivity index (χ2v) is 5.66. The van der Waals surface area contributed by atoms with E-state index in [0.29, 0.717) is 6.61 Å². The van der Waals surface area contributed by atoms with E-state index in [1.165, 1.54) is 83.5 Å². The highest BCUT2D eigenvalue weighted by molar-refractivity contribution is 4.81. The zero-order valence-electron chi connectivity index (χ0n) is 13.2. The average Bonchev–Trinajstić information content (AvgIpc) is 2.43. The third-order valence-electron chi connectivity index (χ3n) is 3.67. The van der Waals surface area contributed by atoms with Crippen molar-refractivity contribution in [2.75, 3.05) is 6.61 Å². The van der Waals surface area contributed by atoms with Gasteiger partial charge in [-0.15, -0.1) is 0 Å². The van der Waals surface area contributed by atoms with Gasteiger partial charge in [-0.05, 0) is 32.1 Å². The van der Waals surface area contributed by atoms with E-state index in [2.05, 4.69) is 19.1 Å². The van der Waals surface area contributed by atoms with Gasteiger partial charge in [0.25, 0.3) is 0 Å². The van der Waals surface area contributed by atoms with Crippen molar-refractivity contribution in [3.05, 3.63) is 12.2 Å². The van der Waals surface area contributed by atoms with E-state index >= 15 is 0 Å². The van der Waals surface area contributed by atoms with Crippen LogP contribution in [0.2, 0.25) is 0 Å². The molecule has 0 amide bonds. The fourth-order valence-corrected chi connectivity index (χ4v) is 2.36. The molecule has 19 heavy (non-hydrogen) atoms. The van der Waals surface area contributed by atoms with Gasteiger partial charge >= 0.3 is 0 Å². The van der Waals surface area contributed by atoms with E-state index in [9.17, 15) is 0 Å². The van der Waals surface area contributed by atoms with Gasteiger partial charge in [0.05, 0.1) is 0 Å². The molecule has 114 valence electrons. The predicted octanol–water partition coefficient (Wildman–Crippen LogP) is 6.02. The average molecular weight is 268 g/mol. The van der Waals surface area contributed by atoms with Crippen LogP contribution in [0.4, 0.5) is 0 Å². The molecule has 0 rings (SSSR count). The molecule has 0 aromatic rings. The minimum absolute atomic E-state index is 0.349. The maximum absolute atomic E-state index is 8.65. The molecule has 0 saturated heterocycles. The Morgan fingerprint density at radius 2 is 1.00 bits per heavy atom. The fraction of sp³-hybridized carbons (Fsp3) is 0.889. The van der Waals surface area contributed by atoms with Crippen LogP contribution in [0.25, 0.3) is 0 Å². The SMILES string of the molecule is CCCCCCCCCCC/C=C\CCCCCO. The molecule has 0 aromatic carbocycles. The summed E-state index contributed by atoms with van der Waals surface area (Å²) in [6.45, 7) is 2.63. The summed E-state index contributed by atoms with van der Waals surface area (Å²) in [6.07, 6.45) is 23.2. The van der Waals surface area contributed by atoms with E-state index < -0.39 is 0 Å². The first-order chi connectivity index (χ1) is 9.41. The van der Waals surface area contributed by atoms with Crippen LogP contribution in [0, 0.1) is 0 Å². The summed E-state index contributed by atoms with van der Waals surface area (Å²) < 4.78 is 0. The van der Waals surface area contributed by atoms with E-state index in [-0.39, 0.29) is 0 Å². The number of rotatable bonds is 15. The third-order valence-corrected chi connectivity index (χ3v) is 3.67. The van der Waals surface area contributed by atoms with E-state index in [4.69, 9.17) is 5.11 Å². The van der Waals surface area contributed by atoms with Crippen LogP contribution in [0.1, 0.15) is 96.8 Å². The topological polar surface area (TPSA) is 20.2 Å². The molecule has 1 N–H and O–H groups in total. The van der Waals surface area contributed by atoms with Crippen molar-refractivity contribution in [3.8, 4) is 0 Å². The lowest BCUT2D eigenvalue weighted by molar-refractivity contribution is 0.283. The summed E-state index contributed by atoms with van der Waals surface area (Å²) in [5.41, 5.74) is 0. The van der Waals surface area contributed by atoms with Crippen LogP contribution in [0.15, 0.2) is 12.2 Å². The smallest absolute Gasteiger partial charge is 0.0431 e. The summed E-state index contributed by atoms with van der Waals surface area (Å²) in [4.78, 5) is 0. The number of hydrogen-bond donors (Lipinski definition) is 1. The third kappa shape index (κ3) is 17.7. The van der Waals surface area contributed by atoms with Crippen LogP contribution in [-0.2, 0) is 0 Å². The Hall–Kier alpha value is -0.300. The van der Waals surface area contributed by atoms with Gasteiger partial charge in [-0.1, -0.05) is 76.9 Å². The summed E-state index contributed by atoms with van der Waals surface area (Å²) in [6, 6.07) is 0. The zero-order chi connectivity index (χ0) is 14.0. The van der Waals surface area contributed by atoms with Crippen molar-refractivity contribution in [2.45, 2.75) is 96.8 Å². The van der Waals surface area contributed by atoms with Gasteiger partial charge in [-0.25, -0.2) is 0 Å². The van der Waals surface area contributed by atoms with Gasteiger partial charge in [0, 0.05) is 6.61 Å². The summed E-state index contributed by atoms with van der Waals surface area (Å²) in [7, 11) is 0. The zero-order valence-corrected chi connectivity index (χ0v) is 13.2. The Labute approximate surface area is 121 Å². The lowest BCUT2D eigenvalue weighted by Gasteiger charge is -2.00. The Balaban J connectivity index is 2.99. The Bertz CT molecular complexity index is 175. The first kappa shape index (κ1) is 18.7. The molecule has 0 atom stereocenters. The summed E-state index contributed by atoms with van der Waals surface area (Å²) in [5.74, 6) is 0. The minimum atomic E-state index is 0.349. The normalized spacial score (nSPS) is 11.5. The highest BCUT2D eigenvalue weighted by Gasteiger charge is 1.91. The van der Waals surface area contributed by atoms with Crippen molar-refractivity contribution < 1.29 is 5.11 Å². The van der Waals surface area contributed by atoms with Crippen LogP contribution in [0.3, 0.4) is 0 Å². The predicted molar refractivity (Wildman–Crippen MR) is 86.5 cm³/mol. The minimum Gasteiger partial charge on any atom is -0.396 e. The number of aliphatic hydroxyl groups excluding tert-OH is 1. The standard InChI is InChI=1S/C18H36O/c1-2-3-4-5-6-7-8-9-10-11-12-13-14-15-16-17-18-19/h12-13,19H,2-11,14-18H2,1H3/b13-12-. The highest BCUT2D eigenvalue weighted by Crippen LogP contribution is 2.10. The highest BCUT2D eigenvalue weighted by atomic mass is 16.2. The van der Waals surface area contributed by atoms with Gasteiger partial charge in [0.2, 0.25) is 0 Å². The van der Waals surface area contributed by atoms with Crippen molar-refractivity contribution in [2.24, 2.45) is 0 Å². The second kappa shape index (κ2) is 17.7. The molecule has 0 bridgehead atoms. The summed E-state index contributed by atoms with van der Waals surface area (Å²) >= 11 is 0. The van der Waals surface area contributed by atoms with E-state index in [0.717, 1.165) is 6.42 Å². The molecular weight excluding hydrogens is 232 g/mol. The molecule has 0 heterocycles. The molecule has 0 aliphatic carbocycles. The first-order valence-electron chi connectivity index (χ1n) is 8.67. The van der Waals surface area contributed by atoms with Gasteiger partial charge < -0.3 is 5.11 Å². The monoisotopic (exact) mass is 268 g/mol. The quantitative estimate of drug-likeness (QED) is 0.284. The van der Waals surface area contributed by atoms with Crippen molar-refractivity contribution in [1.82, 2.24) is 0 Å². The number of allylic oxidation sites excluding steroid dienone is 2. The second-order valence-electron chi connectivity index (χ2n) is 5.66. The van der Waals surface area contributed by atoms with Crippen LogP contribution >= 0.6 is 0 Å². The number of unbranched alkanes of at least 4 members (excludes halogenated alkanes) is 12. The lowest BCUT2D eigenvalue weighted by Crippen LogP contribution is -1.82. The van der Waals surface area contributed by atoms with Crippen LogP contribution in [-0.4, -0.2) is 11.7 Å². The van der Waals surface area contributed by atoms with Crippen LogP contribution < -0.4 is 0 Å². The van der Waals surface area contributed by atoms with E-state index in [1.54, 1.807) is 0 Å². The number of aliphatic hydroxyl groups is 1. The first-order valence-corrected chi connectivity index (χ1v) is 8.67. The summed E-state index contributed by atoms with van der Waals surface area (Å²) in [5, 5.41) is 8.65. The molecule has 0 spiro atoms. The molecule has 0 aliphatic rings. The van der Waals surface area contributed by atoms with Gasteiger partial charge in [0.1, 0.15) is 0 Å². The number of hydrogen-bond acceptors (Lipinski definition) is 1. The van der Waals surface area contributed by atoms with E-state index in [1.807, 2.05) is 0 Å². The molecule has 1 heteroatoms. The molecule has 0 radical (unpaired) electrons. The fourth-order valence-electron chi connectivity index (χ4n) is 2.36. The molecule has 0 aromatic heterocycles. The molecular formula is C18H36O. The Morgan fingerprint density at radius 1 is 0.579 bits per heavy atom. The molecule has 1 nitrogen and oxygen atoms in total. The van der Waals surface area contributed by atoms with Crippen molar-refractivity contribution in [3.63, 3.8) is 0 Å². The van der Waals surface area contributed by atoms with Gasteiger partial charge in [-0.2, -0.15) is 0 Å².